The van der Waals surface area contributed by atoms with Gasteiger partial charge in [-0.05, 0) is 42.0 Å². The van der Waals surface area contributed by atoms with Crippen LogP contribution in [-0.4, -0.2) is 53.2 Å². The number of nitrogens with one attached hydrogen (secondary N) is 1. The van der Waals surface area contributed by atoms with Crippen LogP contribution in [0.5, 0.6) is 0 Å². The molecule has 7 nitrogen and oxygen atoms in total. The van der Waals surface area contributed by atoms with Crippen molar-refractivity contribution in [1.29, 1.82) is 0 Å². The van der Waals surface area contributed by atoms with E-state index in [2.05, 4.69) is 17.4 Å². The number of carboxylic acid groups (broad SMARTS) is 1. The van der Waals surface area contributed by atoms with Gasteiger partial charge in [-0.15, -0.1) is 0 Å². The van der Waals surface area contributed by atoms with Crippen molar-refractivity contribution in [3.8, 4) is 11.1 Å². The Morgan fingerprint density at radius 2 is 1.71 bits per heavy atom. The molecule has 0 saturated carbocycles. The lowest BCUT2D eigenvalue weighted by molar-refractivity contribution is -0.140. The van der Waals surface area contributed by atoms with Gasteiger partial charge < -0.3 is 20.1 Å². The molecular formula is C24H26N2O5. The molecule has 2 atom stereocenters. The quantitative estimate of drug-likeness (QED) is 0.744. The van der Waals surface area contributed by atoms with Gasteiger partial charge in [0.2, 0.25) is 5.91 Å². The van der Waals surface area contributed by atoms with E-state index >= 15 is 0 Å². The van der Waals surface area contributed by atoms with Gasteiger partial charge in [0.05, 0.1) is 6.42 Å². The zero-order chi connectivity index (χ0) is 22.0. The van der Waals surface area contributed by atoms with E-state index in [-0.39, 0.29) is 30.9 Å². The Bertz CT molecular complexity index is 959. The summed E-state index contributed by atoms with van der Waals surface area (Å²) in [6.45, 7) is 2.28. The maximum Gasteiger partial charge on any atom is 0.407 e. The molecule has 2 N–H and O–H groups in total. The first kappa shape index (κ1) is 20.9. The van der Waals surface area contributed by atoms with Gasteiger partial charge in [0.1, 0.15) is 12.6 Å². The van der Waals surface area contributed by atoms with Crippen LogP contribution in [0.4, 0.5) is 4.79 Å². The molecule has 2 aliphatic rings. The van der Waals surface area contributed by atoms with E-state index in [1.165, 1.54) is 0 Å². The van der Waals surface area contributed by atoms with Crippen LogP contribution < -0.4 is 5.32 Å². The van der Waals surface area contributed by atoms with Gasteiger partial charge in [-0.3, -0.25) is 9.59 Å². The Kier molecular flexibility index (Phi) is 5.93. The Morgan fingerprint density at radius 3 is 2.32 bits per heavy atom. The molecule has 2 amide bonds. The lowest BCUT2D eigenvalue weighted by Gasteiger charge is -2.27. The largest absolute Gasteiger partial charge is 0.481 e. The number of ether oxygens (including phenoxy) is 1. The Labute approximate surface area is 181 Å². The number of carbonyl (C=O) groups is 3. The number of aliphatic carboxylic acids is 1. The number of hydrogen-bond acceptors (Lipinski definition) is 4. The molecule has 1 heterocycles. The lowest BCUT2D eigenvalue weighted by atomic mass is 9.98. The summed E-state index contributed by atoms with van der Waals surface area (Å²) in [5.74, 6) is -1.26. The molecule has 0 spiro atoms. The summed E-state index contributed by atoms with van der Waals surface area (Å²) < 4.78 is 5.50. The van der Waals surface area contributed by atoms with E-state index in [0.29, 0.717) is 13.0 Å². The van der Waals surface area contributed by atoms with Crippen molar-refractivity contribution in [2.75, 3.05) is 13.2 Å². The smallest absolute Gasteiger partial charge is 0.407 e. The molecule has 162 valence electrons. The molecular weight excluding hydrogens is 396 g/mol. The SMILES string of the molecule is C[C@@H](NC(=O)OCC1c2ccccc2-c2ccccc21)C(=O)N1CCC[C@@H]1CC(=O)O. The molecule has 2 aromatic carbocycles. The molecule has 0 unspecified atom stereocenters. The van der Waals surface area contributed by atoms with Gasteiger partial charge in [-0.1, -0.05) is 48.5 Å². The number of likely N-dealkylation sites (tertiary alicyclic amines) is 1. The van der Waals surface area contributed by atoms with E-state index in [9.17, 15) is 14.4 Å². The lowest BCUT2D eigenvalue weighted by Crippen LogP contribution is -2.49. The monoisotopic (exact) mass is 422 g/mol. The molecule has 31 heavy (non-hydrogen) atoms. The zero-order valence-corrected chi connectivity index (χ0v) is 17.4. The third-order valence-electron chi connectivity index (χ3n) is 6.12. The van der Waals surface area contributed by atoms with Crippen molar-refractivity contribution in [3.05, 3.63) is 59.7 Å². The molecule has 7 heteroatoms. The van der Waals surface area contributed by atoms with Crippen molar-refractivity contribution in [2.24, 2.45) is 0 Å². The van der Waals surface area contributed by atoms with Gasteiger partial charge in [0, 0.05) is 18.5 Å². The summed E-state index contributed by atoms with van der Waals surface area (Å²) in [6.07, 6.45) is 0.692. The molecule has 0 radical (unpaired) electrons. The number of amides is 2. The number of rotatable bonds is 6. The van der Waals surface area contributed by atoms with Crippen molar-refractivity contribution in [3.63, 3.8) is 0 Å². The fourth-order valence-corrected chi connectivity index (χ4v) is 4.67. The number of carboxylic acids is 1. The van der Waals surface area contributed by atoms with Crippen LogP contribution in [0.1, 0.15) is 43.2 Å². The van der Waals surface area contributed by atoms with Crippen molar-refractivity contribution < 1.29 is 24.2 Å². The summed E-state index contributed by atoms with van der Waals surface area (Å²) in [5.41, 5.74) is 4.53. The predicted molar refractivity (Wildman–Crippen MR) is 115 cm³/mol. The van der Waals surface area contributed by atoms with E-state index in [4.69, 9.17) is 9.84 Å². The summed E-state index contributed by atoms with van der Waals surface area (Å²) in [5, 5.41) is 11.6. The van der Waals surface area contributed by atoms with Gasteiger partial charge in [-0.2, -0.15) is 0 Å². The van der Waals surface area contributed by atoms with Gasteiger partial charge >= 0.3 is 12.1 Å². The number of benzene rings is 2. The second-order valence-corrected chi connectivity index (χ2v) is 8.12. The highest BCUT2D eigenvalue weighted by atomic mass is 16.5. The van der Waals surface area contributed by atoms with Crippen molar-refractivity contribution in [2.45, 2.75) is 44.2 Å². The first-order valence-electron chi connectivity index (χ1n) is 10.6. The minimum absolute atomic E-state index is 0.0531. The molecule has 1 saturated heterocycles. The number of carbonyl (C=O) groups excluding carboxylic acids is 2. The molecule has 0 aromatic heterocycles. The minimum atomic E-state index is -0.929. The van der Waals surface area contributed by atoms with Crippen LogP contribution in [0.25, 0.3) is 11.1 Å². The van der Waals surface area contributed by atoms with Crippen molar-refractivity contribution >= 4 is 18.0 Å². The van der Waals surface area contributed by atoms with Crippen LogP contribution in [-0.2, 0) is 14.3 Å². The van der Waals surface area contributed by atoms with Gasteiger partial charge in [0.15, 0.2) is 0 Å². The highest BCUT2D eigenvalue weighted by Gasteiger charge is 2.34. The van der Waals surface area contributed by atoms with Crippen LogP contribution in [0.2, 0.25) is 0 Å². The van der Waals surface area contributed by atoms with Gasteiger partial charge in [-0.25, -0.2) is 4.79 Å². The highest BCUT2D eigenvalue weighted by molar-refractivity contribution is 5.86. The second kappa shape index (κ2) is 8.79. The Morgan fingerprint density at radius 1 is 1.10 bits per heavy atom. The van der Waals surface area contributed by atoms with Crippen LogP contribution >= 0.6 is 0 Å². The summed E-state index contributed by atoms with van der Waals surface area (Å²) in [7, 11) is 0. The van der Waals surface area contributed by atoms with E-state index in [1.54, 1.807) is 11.8 Å². The van der Waals surface area contributed by atoms with Crippen LogP contribution in [0.3, 0.4) is 0 Å². The molecule has 1 fully saturated rings. The maximum atomic E-state index is 12.7. The van der Waals surface area contributed by atoms with E-state index in [0.717, 1.165) is 28.7 Å². The van der Waals surface area contributed by atoms with Crippen LogP contribution in [0.15, 0.2) is 48.5 Å². The second-order valence-electron chi connectivity index (χ2n) is 8.12. The maximum absolute atomic E-state index is 12.7. The van der Waals surface area contributed by atoms with Gasteiger partial charge in [0.25, 0.3) is 0 Å². The third-order valence-corrected chi connectivity index (χ3v) is 6.12. The molecule has 1 aliphatic carbocycles. The first-order chi connectivity index (χ1) is 15.0. The fraction of sp³-hybridized carbons (Fsp3) is 0.375. The zero-order valence-electron chi connectivity index (χ0n) is 17.4. The molecule has 2 aromatic rings. The van der Waals surface area contributed by atoms with E-state index in [1.807, 2.05) is 36.4 Å². The molecule has 1 aliphatic heterocycles. The number of alkyl carbamates (subject to hydrolysis) is 1. The third kappa shape index (κ3) is 4.26. The summed E-state index contributed by atoms with van der Waals surface area (Å²) >= 11 is 0. The predicted octanol–water partition coefficient (Wildman–Crippen LogP) is 3.38. The average Bonchev–Trinajstić information content (AvgIpc) is 3.33. The normalized spacial score (nSPS) is 18.2. The number of hydrogen-bond donors (Lipinski definition) is 2. The average molecular weight is 422 g/mol. The molecule has 0 bridgehead atoms. The Hall–Kier alpha value is -3.35. The molecule has 4 rings (SSSR count). The number of fused-ring (bicyclic) bond motifs is 3. The Balaban J connectivity index is 1.36. The standard InChI is InChI=1S/C24H26N2O5/c1-15(23(29)26-12-6-7-16(26)13-22(27)28)25-24(30)31-14-21-19-10-4-2-8-17(19)18-9-3-5-11-20(18)21/h2-5,8-11,15-16,21H,6-7,12-14H2,1H3,(H,25,30)(H,27,28)/t15-,16-/m1/s1. The van der Waals surface area contributed by atoms with Crippen molar-refractivity contribution in [1.82, 2.24) is 10.2 Å². The summed E-state index contributed by atoms with van der Waals surface area (Å²) in [4.78, 5) is 37.7. The summed E-state index contributed by atoms with van der Waals surface area (Å²) in [6, 6.07) is 15.1. The van der Waals surface area contributed by atoms with Crippen LogP contribution in [0, 0.1) is 0 Å². The number of nitrogens with zero attached hydrogens (tertiary/aromatic N) is 1. The minimum Gasteiger partial charge on any atom is -0.481 e. The fourth-order valence-electron chi connectivity index (χ4n) is 4.67. The topological polar surface area (TPSA) is 95.9 Å². The first-order valence-corrected chi connectivity index (χ1v) is 10.6. The van der Waals surface area contributed by atoms with E-state index < -0.39 is 18.1 Å². The highest BCUT2D eigenvalue weighted by Crippen LogP contribution is 2.44.